The first-order valence-corrected chi connectivity index (χ1v) is 8.77. The van der Waals surface area contributed by atoms with Crippen molar-refractivity contribution < 1.29 is 0 Å². The van der Waals surface area contributed by atoms with E-state index in [0.29, 0.717) is 12.5 Å². The summed E-state index contributed by atoms with van der Waals surface area (Å²) in [7, 11) is 0. The number of fused-ring (bicyclic) bond motifs is 1. The van der Waals surface area contributed by atoms with Gasteiger partial charge in [-0.15, -0.1) is 34.2 Å². The summed E-state index contributed by atoms with van der Waals surface area (Å²) in [6, 6.07) is 8.09. The normalized spacial score (nSPS) is 14.4. The van der Waals surface area contributed by atoms with Gasteiger partial charge in [0.25, 0.3) is 0 Å². The molecule has 3 N–H and O–H groups in total. The maximum Gasteiger partial charge on any atom is 0.193 e. The summed E-state index contributed by atoms with van der Waals surface area (Å²) >= 11 is 0. The third kappa shape index (κ3) is 5.69. The molecule has 0 unspecified atom stereocenters. The Morgan fingerprint density at radius 1 is 1.28 bits per heavy atom. The minimum absolute atomic E-state index is 0. The molecule has 6 nitrogen and oxygen atoms in total. The molecule has 0 atom stereocenters. The minimum atomic E-state index is 0. The van der Waals surface area contributed by atoms with Crippen LogP contribution in [0.2, 0.25) is 0 Å². The molecular weight excluding hydrogens is 427 g/mol. The Hall–Kier alpha value is -1.64. The van der Waals surface area contributed by atoms with Crippen molar-refractivity contribution >= 4 is 35.6 Å². The summed E-state index contributed by atoms with van der Waals surface area (Å²) in [5.41, 5.74) is 8.12. The molecule has 0 fully saturated rings. The SMILES string of the molecule is Cc1cccc(NC(N)=NCCCc2nnc3n2CCCCC3)c1.I. The molecule has 2 aromatic rings. The van der Waals surface area contributed by atoms with Gasteiger partial charge in [-0.2, -0.15) is 0 Å². The van der Waals surface area contributed by atoms with Gasteiger partial charge in [-0.1, -0.05) is 18.6 Å². The lowest BCUT2D eigenvalue weighted by Gasteiger charge is -2.07. The van der Waals surface area contributed by atoms with Crippen molar-refractivity contribution in [3.63, 3.8) is 0 Å². The van der Waals surface area contributed by atoms with Crippen molar-refractivity contribution in [2.45, 2.75) is 52.0 Å². The molecule has 0 aliphatic carbocycles. The molecule has 1 aromatic heterocycles. The van der Waals surface area contributed by atoms with Gasteiger partial charge >= 0.3 is 0 Å². The molecule has 136 valence electrons. The molecule has 0 bridgehead atoms. The second-order valence-corrected chi connectivity index (χ2v) is 6.36. The van der Waals surface area contributed by atoms with Crippen LogP contribution in [0.5, 0.6) is 0 Å². The number of guanidine groups is 1. The van der Waals surface area contributed by atoms with E-state index in [9.17, 15) is 0 Å². The lowest BCUT2D eigenvalue weighted by Crippen LogP contribution is -2.23. The molecule has 0 radical (unpaired) electrons. The van der Waals surface area contributed by atoms with Crippen molar-refractivity contribution in [1.82, 2.24) is 14.8 Å². The summed E-state index contributed by atoms with van der Waals surface area (Å²) < 4.78 is 2.30. The molecule has 2 heterocycles. The third-order valence-corrected chi connectivity index (χ3v) is 4.32. The summed E-state index contributed by atoms with van der Waals surface area (Å²) in [5.74, 6) is 2.69. The number of aryl methyl sites for hydroxylation is 3. The molecule has 1 aliphatic rings. The fourth-order valence-corrected chi connectivity index (χ4v) is 3.08. The first-order valence-electron chi connectivity index (χ1n) is 8.77. The lowest BCUT2D eigenvalue weighted by atomic mass is 10.2. The van der Waals surface area contributed by atoms with E-state index in [4.69, 9.17) is 5.73 Å². The Balaban J connectivity index is 0.00000225. The quantitative estimate of drug-likeness (QED) is 0.315. The third-order valence-electron chi connectivity index (χ3n) is 4.32. The zero-order chi connectivity index (χ0) is 16.8. The molecule has 25 heavy (non-hydrogen) atoms. The number of nitrogens with zero attached hydrogens (tertiary/aromatic N) is 4. The average molecular weight is 454 g/mol. The maximum atomic E-state index is 5.95. The summed E-state index contributed by atoms with van der Waals surface area (Å²) in [6.45, 7) is 3.80. The van der Waals surface area contributed by atoms with Crippen molar-refractivity contribution in [3.8, 4) is 0 Å². The van der Waals surface area contributed by atoms with Gasteiger partial charge in [0, 0.05) is 31.6 Å². The van der Waals surface area contributed by atoms with Crippen LogP contribution in [0, 0.1) is 6.92 Å². The molecule has 7 heteroatoms. The number of hydrogen-bond donors (Lipinski definition) is 2. The van der Waals surface area contributed by atoms with Crippen LogP contribution >= 0.6 is 24.0 Å². The monoisotopic (exact) mass is 454 g/mol. The Labute approximate surface area is 166 Å². The highest BCUT2D eigenvalue weighted by Gasteiger charge is 2.13. The van der Waals surface area contributed by atoms with Crippen molar-refractivity contribution in [2.24, 2.45) is 10.7 Å². The van der Waals surface area contributed by atoms with Gasteiger partial charge < -0.3 is 15.6 Å². The van der Waals surface area contributed by atoms with Crippen LogP contribution in [-0.2, 0) is 19.4 Å². The fourth-order valence-electron chi connectivity index (χ4n) is 3.08. The van der Waals surface area contributed by atoms with E-state index in [1.54, 1.807) is 0 Å². The predicted octanol–water partition coefficient (Wildman–Crippen LogP) is 3.29. The molecule has 0 spiro atoms. The smallest absolute Gasteiger partial charge is 0.193 e. The van der Waals surface area contributed by atoms with Crippen LogP contribution < -0.4 is 11.1 Å². The van der Waals surface area contributed by atoms with E-state index in [0.717, 1.165) is 43.1 Å². The Kier molecular flexibility index (Phi) is 7.67. The van der Waals surface area contributed by atoms with Gasteiger partial charge in [0.2, 0.25) is 0 Å². The first-order chi connectivity index (χ1) is 11.7. The Morgan fingerprint density at radius 2 is 2.16 bits per heavy atom. The van der Waals surface area contributed by atoms with Crippen LogP contribution in [0.25, 0.3) is 0 Å². The lowest BCUT2D eigenvalue weighted by molar-refractivity contribution is 0.598. The van der Waals surface area contributed by atoms with Gasteiger partial charge in [-0.3, -0.25) is 4.99 Å². The van der Waals surface area contributed by atoms with Crippen LogP contribution in [0.3, 0.4) is 0 Å². The molecule has 0 saturated heterocycles. The van der Waals surface area contributed by atoms with Gasteiger partial charge in [0.15, 0.2) is 5.96 Å². The fraction of sp³-hybridized carbons (Fsp3) is 0.500. The molecule has 0 amide bonds. The molecular formula is C18H27IN6. The Morgan fingerprint density at radius 3 is 3.00 bits per heavy atom. The number of anilines is 1. The van der Waals surface area contributed by atoms with Crippen LogP contribution in [0.1, 0.15) is 42.9 Å². The van der Waals surface area contributed by atoms with Crippen LogP contribution in [0.15, 0.2) is 29.3 Å². The highest BCUT2D eigenvalue weighted by molar-refractivity contribution is 14.0. The number of halogens is 1. The van der Waals surface area contributed by atoms with Crippen molar-refractivity contribution in [2.75, 3.05) is 11.9 Å². The molecule has 0 saturated carbocycles. The topological polar surface area (TPSA) is 81.1 Å². The van der Waals surface area contributed by atoms with E-state index in [1.807, 2.05) is 18.2 Å². The standard InChI is InChI=1S/C18H26N6.HI/c1-14-7-5-8-15(13-14)21-18(19)20-11-6-10-17-23-22-16-9-3-2-4-12-24(16)17;/h5,7-8,13H,2-4,6,9-12H2,1H3,(H3,19,20,21);1H. The van der Waals surface area contributed by atoms with Gasteiger partial charge in [-0.05, 0) is 43.9 Å². The number of nitrogens with two attached hydrogens (primary N) is 1. The zero-order valence-electron chi connectivity index (χ0n) is 14.7. The number of rotatable bonds is 5. The van der Waals surface area contributed by atoms with Crippen molar-refractivity contribution in [1.29, 1.82) is 0 Å². The highest BCUT2D eigenvalue weighted by atomic mass is 127. The summed E-state index contributed by atoms with van der Waals surface area (Å²) in [5, 5.41) is 11.8. The molecule has 1 aliphatic heterocycles. The summed E-state index contributed by atoms with van der Waals surface area (Å²) in [6.07, 6.45) is 6.61. The average Bonchev–Trinajstić information content (AvgIpc) is 2.78. The second kappa shape index (κ2) is 9.74. The highest BCUT2D eigenvalue weighted by Crippen LogP contribution is 2.15. The number of aliphatic imine (C=N–C) groups is 1. The molecule has 3 rings (SSSR count). The van der Waals surface area contributed by atoms with E-state index in [1.165, 1.54) is 24.8 Å². The van der Waals surface area contributed by atoms with Gasteiger partial charge in [0.1, 0.15) is 11.6 Å². The molecule has 1 aromatic carbocycles. The second-order valence-electron chi connectivity index (χ2n) is 6.36. The van der Waals surface area contributed by atoms with E-state index in [-0.39, 0.29) is 24.0 Å². The van der Waals surface area contributed by atoms with Gasteiger partial charge in [-0.25, -0.2) is 0 Å². The summed E-state index contributed by atoms with van der Waals surface area (Å²) in [4.78, 5) is 4.41. The first kappa shape index (κ1) is 19.7. The van der Waals surface area contributed by atoms with E-state index >= 15 is 0 Å². The van der Waals surface area contributed by atoms with Crippen LogP contribution in [-0.4, -0.2) is 27.3 Å². The van der Waals surface area contributed by atoms with E-state index in [2.05, 4.69) is 38.1 Å². The zero-order valence-corrected chi connectivity index (χ0v) is 17.1. The van der Waals surface area contributed by atoms with Crippen molar-refractivity contribution in [3.05, 3.63) is 41.5 Å². The number of benzene rings is 1. The van der Waals surface area contributed by atoms with E-state index < -0.39 is 0 Å². The number of aromatic nitrogens is 3. The number of nitrogens with one attached hydrogen (secondary N) is 1. The maximum absolute atomic E-state index is 5.95. The minimum Gasteiger partial charge on any atom is -0.370 e. The van der Waals surface area contributed by atoms with Crippen LogP contribution in [0.4, 0.5) is 5.69 Å². The largest absolute Gasteiger partial charge is 0.370 e. The predicted molar refractivity (Wildman–Crippen MR) is 113 cm³/mol. The van der Waals surface area contributed by atoms with Gasteiger partial charge in [0.05, 0.1) is 0 Å². The number of hydrogen-bond acceptors (Lipinski definition) is 3. The Bertz CT molecular complexity index is 709.